The predicted octanol–water partition coefficient (Wildman–Crippen LogP) is 5.03. The van der Waals surface area contributed by atoms with E-state index in [9.17, 15) is 0 Å². The van der Waals surface area contributed by atoms with Crippen molar-refractivity contribution in [1.82, 2.24) is 5.32 Å². The zero-order chi connectivity index (χ0) is 13.7. The van der Waals surface area contributed by atoms with Gasteiger partial charge in [0.05, 0.1) is 10.0 Å². The average molecular weight is 286 g/mol. The second kappa shape index (κ2) is 7.18. The van der Waals surface area contributed by atoms with Crippen LogP contribution in [0, 0.1) is 5.92 Å². The lowest BCUT2D eigenvalue weighted by Gasteiger charge is -2.15. The number of halogens is 2. The molecule has 100 valence electrons. The van der Waals surface area contributed by atoms with Gasteiger partial charge in [-0.1, -0.05) is 68.6 Å². The predicted molar refractivity (Wildman–Crippen MR) is 82.4 cm³/mol. The summed E-state index contributed by atoms with van der Waals surface area (Å²) in [5, 5.41) is 4.65. The molecule has 0 unspecified atom stereocenters. The second-order valence-electron chi connectivity index (χ2n) is 5.08. The zero-order valence-electron chi connectivity index (χ0n) is 11.4. The minimum absolute atomic E-state index is 0.487. The van der Waals surface area contributed by atoms with Crippen molar-refractivity contribution in [3.05, 3.63) is 39.4 Å². The number of rotatable bonds is 5. The lowest BCUT2D eigenvalue weighted by molar-refractivity contribution is 0.593. The molecule has 0 radical (unpaired) electrons. The summed E-state index contributed by atoms with van der Waals surface area (Å²) in [6, 6.07) is 6.22. The van der Waals surface area contributed by atoms with E-state index in [0.29, 0.717) is 22.0 Å². The molecular formula is C15H21Cl2N. The third-order valence-electron chi connectivity index (χ3n) is 2.75. The van der Waals surface area contributed by atoms with Crippen molar-refractivity contribution in [2.75, 3.05) is 6.54 Å². The normalized spacial score (nSPS) is 12.6. The van der Waals surface area contributed by atoms with Gasteiger partial charge in [0.15, 0.2) is 0 Å². The van der Waals surface area contributed by atoms with Crippen LogP contribution in [0.3, 0.4) is 0 Å². The van der Waals surface area contributed by atoms with E-state index in [-0.39, 0.29) is 0 Å². The van der Waals surface area contributed by atoms with Crippen LogP contribution in [-0.4, -0.2) is 12.6 Å². The summed E-state index contributed by atoms with van der Waals surface area (Å²) in [6.07, 6.45) is 2.18. The standard InChI is InChI=1S/C15H21Cl2N/c1-10(2)13(9-18-11(3)4)7-12-5-6-14(16)15(17)8-12/h5-8,10-11,18H,9H2,1-4H3. The zero-order valence-corrected chi connectivity index (χ0v) is 12.9. The Morgan fingerprint density at radius 1 is 1.17 bits per heavy atom. The summed E-state index contributed by atoms with van der Waals surface area (Å²) in [5.41, 5.74) is 2.46. The van der Waals surface area contributed by atoms with Gasteiger partial charge in [0.25, 0.3) is 0 Å². The van der Waals surface area contributed by atoms with E-state index >= 15 is 0 Å². The molecule has 0 aliphatic carbocycles. The highest BCUT2D eigenvalue weighted by Crippen LogP contribution is 2.24. The maximum Gasteiger partial charge on any atom is 0.0598 e. The lowest BCUT2D eigenvalue weighted by atomic mass is 10.00. The van der Waals surface area contributed by atoms with Crippen LogP contribution in [0.15, 0.2) is 23.8 Å². The van der Waals surface area contributed by atoms with Gasteiger partial charge in [0.2, 0.25) is 0 Å². The summed E-state index contributed by atoms with van der Waals surface area (Å²) in [7, 11) is 0. The van der Waals surface area contributed by atoms with Crippen molar-refractivity contribution in [2.24, 2.45) is 5.92 Å². The summed E-state index contributed by atoms with van der Waals surface area (Å²) in [6.45, 7) is 9.60. The molecule has 18 heavy (non-hydrogen) atoms. The fraction of sp³-hybridized carbons (Fsp3) is 0.467. The Hall–Kier alpha value is -0.500. The van der Waals surface area contributed by atoms with Crippen molar-refractivity contribution in [3.8, 4) is 0 Å². The summed E-state index contributed by atoms with van der Waals surface area (Å²) >= 11 is 11.9. The Bertz CT molecular complexity index is 423. The van der Waals surface area contributed by atoms with Crippen LogP contribution in [0.4, 0.5) is 0 Å². The van der Waals surface area contributed by atoms with Gasteiger partial charge in [0.1, 0.15) is 0 Å². The van der Waals surface area contributed by atoms with Crippen molar-refractivity contribution >= 4 is 29.3 Å². The molecule has 0 aliphatic heterocycles. The molecule has 0 amide bonds. The van der Waals surface area contributed by atoms with Gasteiger partial charge in [-0.15, -0.1) is 0 Å². The summed E-state index contributed by atoms with van der Waals surface area (Å²) < 4.78 is 0. The van der Waals surface area contributed by atoms with Crippen LogP contribution in [0.5, 0.6) is 0 Å². The largest absolute Gasteiger partial charge is 0.311 e. The van der Waals surface area contributed by atoms with Crippen molar-refractivity contribution in [3.63, 3.8) is 0 Å². The Kier molecular flexibility index (Phi) is 6.20. The van der Waals surface area contributed by atoms with E-state index in [4.69, 9.17) is 23.2 Å². The minimum atomic E-state index is 0.487. The molecule has 0 fully saturated rings. The van der Waals surface area contributed by atoms with Crippen LogP contribution >= 0.6 is 23.2 Å². The molecule has 0 atom stereocenters. The molecule has 1 nitrogen and oxygen atoms in total. The van der Waals surface area contributed by atoms with Crippen LogP contribution in [0.2, 0.25) is 10.0 Å². The van der Waals surface area contributed by atoms with Crippen molar-refractivity contribution in [2.45, 2.75) is 33.7 Å². The first-order valence-corrected chi connectivity index (χ1v) is 7.04. The van der Waals surface area contributed by atoms with Gasteiger partial charge in [-0.2, -0.15) is 0 Å². The van der Waals surface area contributed by atoms with Gasteiger partial charge >= 0.3 is 0 Å². The second-order valence-corrected chi connectivity index (χ2v) is 5.90. The van der Waals surface area contributed by atoms with E-state index in [1.54, 1.807) is 0 Å². The fourth-order valence-corrected chi connectivity index (χ4v) is 1.87. The highest BCUT2D eigenvalue weighted by molar-refractivity contribution is 6.42. The maximum atomic E-state index is 6.03. The summed E-state index contributed by atoms with van der Waals surface area (Å²) in [5.74, 6) is 0.505. The average Bonchev–Trinajstić information content (AvgIpc) is 2.28. The first-order chi connectivity index (χ1) is 8.40. The lowest BCUT2D eigenvalue weighted by Crippen LogP contribution is -2.26. The molecule has 0 aliphatic rings. The molecule has 0 saturated carbocycles. The Balaban J connectivity index is 2.89. The van der Waals surface area contributed by atoms with Gasteiger partial charge < -0.3 is 5.32 Å². The first-order valence-electron chi connectivity index (χ1n) is 6.29. The molecule has 3 heteroatoms. The SMILES string of the molecule is CC(C)NCC(=Cc1ccc(Cl)c(Cl)c1)C(C)C. The Labute approximate surface area is 120 Å². The monoisotopic (exact) mass is 285 g/mol. The summed E-state index contributed by atoms with van der Waals surface area (Å²) in [4.78, 5) is 0. The van der Waals surface area contributed by atoms with E-state index in [2.05, 4.69) is 39.1 Å². The van der Waals surface area contributed by atoms with E-state index in [0.717, 1.165) is 12.1 Å². The highest BCUT2D eigenvalue weighted by Gasteiger charge is 2.05. The van der Waals surface area contributed by atoms with Gasteiger partial charge in [0, 0.05) is 12.6 Å². The van der Waals surface area contributed by atoms with Crippen LogP contribution in [0.1, 0.15) is 33.3 Å². The number of hydrogen-bond donors (Lipinski definition) is 1. The molecule has 0 bridgehead atoms. The van der Waals surface area contributed by atoms with Crippen LogP contribution in [-0.2, 0) is 0 Å². The molecular weight excluding hydrogens is 265 g/mol. The third kappa shape index (κ3) is 5.01. The van der Waals surface area contributed by atoms with Gasteiger partial charge in [-0.3, -0.25) is 0 Å². The number of hydrogen-bond acceptors (Lipinski definition) is 1. The van der Waals surface area contributed by atoms with Crippen molar-refractivity contribution in [1.29, 1.82) is 0 Å². The topological polar surface area (TPSA) is 12.0 Å². The molecule has 1 aromatic rings. The van der Waals surface area contributed by atoms with E-state index in [1.807, 2.05) is 18.2 Å². The third-order valence-corrected chi connectivity index (χ3v) is 3.49. The number of benzene rings is 1. The van der Waals surface area contributed by atoms with Gasteiger partial charge in [-0.25, -0.2) is 0 Å². The van der Waals surface area contributed by atoms with Crippen LogP contribution < -0.4 is 5.32 Å². The van der Waals surface area contributed by atoms with Gasteiger partial charge in [-0.05, 0) is 23.6 Å². The molecule has 0 heterocycles. The fourth-order valence-electron chi connectivity index (χ4n) is 1.56. The molecule has 1 rings (SSSR count). The minimum Gasteiger partial charge on any atom is -0.311 e. The van der Waals surface area contributed by atoms with E-state index in [1.165, 1.54) is 5.57 Å². The Morgan fingerprint density at radius 2 is 1.83 bits per heavy atom. The van der Waals surface area contributed by atoms with Crippen LogP contribution in [0.25, 0.3) is 6.08 Å². The maximum absolute atomic E-state index is 6.03. The number of nitrogens with one attached hydrogen (secondary N) is 1. The van der Waals surface area contributed by atoms with E-state index < -0.39 is 0 Å². The Morgan fingerprint density at radius 3 is 2.33 bits per heavy atom. The molecule has 1 aromatic carbocycles. The highest BCUT2D eigenvalue weighted by atomic mass is 35.5. The molecule has 0 spiro atoms. The quantitative estimate of drug-likeness (QED) is 0.800. The molecule has 0 aromatic heterocycles. The smallest absolute Gasteiger partial charge is 0.0598 e. The van der Waals surface area contributed by atoms with Crippen molar-refractivity contribution < 1.29 is 0 Å². The molecule has 0 saturated heterocycles. The first kappa shape index (κ1) is 15.6. The molecule has 1 N–H and O–H groups in total.